The van der Waals surface area contributed by atoms with E-state index in [9.17, 15) is 5.11 Å². The molecular weight excluding hydrogens is 256 g/mol. The number of hydrogen-bond donors (Lipinski definition) is 2. The van der Waals surface area contributed by atoms with Gasteiger partial charge in [0.25, 0.3) is 0 Å². The third kappa shape index (κ3) is 2.10. The van der Waals surface area contributed by atoms with E-state index in [1.165, 1.54) is 0 Å². The average Bonchev–Trinajstić information content (AvgIpc) is 2.98. The molecule has 1 aliphatic heterocycles. The molecule has 94 valence electrons. The topological polar surface area (TPSA) is 84.1 Å². The monoisotopic (exact) mass is 266 g/mol. The van der Waals surface area contributed by atoms with Crippen LogP contribution in [0.5, 0.6) is 0 Å². The summed E-state index contributed by atoms with van der Waals surface area (Å²) in [7, 11) is 0. The highest BCUT2D eigenvalue weighted by atomic mass is 35.5. The second kappa shape index (κ2) is 4.64. The van der Waals surface area contributed by atoms with E-state index < -0.39 is 0 Å². The Kier molecular flexibility index (Phi) is 2.99. The van der Waals surface area contributed by atoms with Crippen LogP contribution in [0.2, 0.25) is 5.02 Å². The number of hydrogen-bond acceptors (Lipinski definition) is 6. The number of rotatable bonds is 2. The van der Waals surface area contributed by atoms with Crippen LogP contribution in [0.1, 0.15) is 18.4 Å². The summed E-state index contributed by atoms with van der Waals surface area (Å²) in [5.74, 6) is 0.807. The predicted octanol–water partition coefficient (Wildman–Crippen LogP) is 1.18. The summed E-state index contributed by atoms with van der Waals surface area (Å²) in [6, 6.07) is 3.35. The second-order valence-electron chi connectivity index (χ2n) is 4.14. The van der Waals surface area contributed by atoms with Gasteiger partial charge in [-0.3, -0.25) is 4.98 Å². The minimum Gasteiger partial charge on any atom is -0.392 e. The molecule has 3 heterocycles. The lowest BCUT2D eigenvalue weighted by molar-refractivity contribution is 0.191. The molecule has 1 fully saturated rings. The molecule has 2 unspecified atom stereocenters. The van der Waals surface area contributed by atoms with Crippen molar-refractivity contribution in [2.75, 3.05) is 6.54 Å². The van der Waals surface area contributed by atoms with E-state index >= 15 is 0 Å². The molecule has 2 aromatic heterocycles. The molecule has 0 aliphatic carbocycles. The highest BCUT2D eigenvalue weighted by molar-refractivity contribution is 6.32. The summed E-state index contributed by atoms with van der Waals surface area (Å²) in [6.45, 7) is 0.534. The van der Waals surface area contributed by atoms with Crippen LogP contribution in [0.25, 0.3) is 11.5 Å². The molecule has 0 amide bonds. The Morgan fingerprint density at radius 3 is 3.11 bits per heavy atom. The van der Waals surface area contributed by atoms with Crippen LogP contribution >= 0.6 is 11.6 Å². The fourth-order valence-corrected chi connectivity index (χ4v) is 2.13. The van der Waals surface area contributed by atoms with E-state index in [1.807, 2.05) is 0 Å². The van der Waals surface area contributed by atoms with Gasteiger partial charge in [-0.2, -0.15) is 4.98 Å². The van der Waals surface area contributed by atoms with Gasteiger partial charge in [-0.1, -0.05) is 16.8 Å². The standard InChI is InChI=1S/C11H11ClN4O2/c12-7-2-1-3-13-9(7)10-15-11(18-16-10)8-4-6(17)5-14-8/h1-3,6,8,14,17H,4-5H2. The van der Waals surface area contributed by atoms with E-state index in [4.69, 9.17) is 16.1 Å². The summed E-state index contributed by atoms with van der Waals surface area (Å²) < 4.78 is 5.17. The summed E-state index contributed by atoms with van der Waals surface area (Å²) in [5.41, 5.74) is 0.493. The number of nitrogens with one attached hydrogen (secondary N) is 1. The molecule has 2 aromatic rings. The molecule has 1 saturated heterocycles. The third-order valence-electron chi connectivity index (χ3n) is 2.82. The van der Waals surface area contributed by atoms with E-state index in [0.717, 1.165) is 0 Å². The molecule has 6 nitrogen and oxygen atoms in total. The van der Waals surface area contributed by atoms with Crippen LogP contribution in [0.3, 0.4) is 0 Å². The smallest absolute Gasteiger partial charge is 0.244 e. The molecule has 0 radical (unpaired) electrons. The van der Waals surface area contributed by atoms with Crippen molar-refractivity contribution in [1.82, 2.24) is 20.4 Å². The van der Waals surface area contributed by atoms with Gasteiger partial charge < -0.3 is 14.9 Å². The zero-order valence-corrected chi connectivity index (χ0v) is 10.1. The Hall–Kier alpha value is -1.50. The molecule has 3 rings (SSSR count). The van der Waals surface area contributed by atoms with E-state index in [0.29, 0.717) is 35.4 Å². The van der Waals surface area contributed by atoms with Crippen LogP contribution < -0.4 is 5.32 Å². The number of β-amino-alcohol motifs (C(OH)–C–C–N with tert-alkyl or cyclic N) is 1. The molecule has 2 N–H and O–H groups in total. The third-order valence-corrected chi connectivity index (χ3v) is 3.12. The van der Waals surface area contributed by atoms with Crippen molar-refractivity contribution in [3.8, 4) is 11.5 Å². The molecule has 7 heteroatoms. The van der Waals surface area contributed by atoms with Gasteiger partial charge in [0.05, 0.1) is 17.2 Å². The van der Waals surface area contributed by atoms with Crippen molar-refractivity contribution in [2.45, 2.75) is 18.6 Å². The maximum atomic E-state index is 9.44. The highest BCUT2D eigenvalue weighted by Gasteiger charge is 2.28. The van der Waals surface area contributed by atoms with Gasteiger partial charge in [-0.15, -0.1) is 0 Å². The minimum absolute atomic E-state index is 0.108. The van der Waals surface area contributed by atoms with Gasteiger partial charge in [0.2, 0.25) is 11.7 Å². The number of pyridine rings is 1. The number of aliphatic hydroxyl groups excluding tert-OH is 1. The quantitative estimate of drug-likeness (QED) is 0.849. The van der Waals surface area contributed by atoms with Crippen molar-refractivity contribution < 1.29 is 9.63 Å². The maximum Gasteiger partial charge on any atom is 0.244 e. The fourth-order valence-electron chi connectivity index (χ4n) is 1.93. The van der Waals surface area contributed by atoms with E-state index in [1.54, 1.807) is 18.3 Å². The number of aromatic nitrogens is 3. The lowest BCUT2D eigenvalue weighted by atomic mass is 10.2. The van der Waals surface area contributed by atoms with Crippen molar-refractivity contribution >= 4 is 11.6 Å². The lowest BCUT2D eigenvalue weighted by Crippen LogP contribution is -2.15. The van der Waals surface area contributed by atoms with Gasteiger partial charge in [-0.25, -0.2) is 0 Å². The van der Waals surface area contributed by atoms with Crippen molar-refractivity contribution in [1.29, 1.82) is 0 Å². The average molecular weight is 267 g/mol. The van der Waals surface area contributed by atoms with Crippen LogP contribution in [-0.2, 0) is 0 Å². The van der Waals surface area contributed by atoms with Crippen molar-refractivity contribution in [3.63, 3.8) is 0 Å². The van der Waals surface area contributed by atoms with E-state index in [-0.39, 0.29) is 12.1 Å². The zero-order chi connectivity index (χ0) is 12.5. The summed E-state index contributed by atoms with van der Waals surface area (Å²) in [4.78, 5) is 8.38. The Labute approximate surface area is 108 Å². The molecule has 0 aromatic carbocycles. The molecule has 0 spiro atoms. The summed E-state index contributed by atoms with van der Waals surface area (Å²) in [6.07, 6.45) is 1.82. The fraction of sp³-hybridized carbons (Fsp3) is 0.364. The molecule has 1 aliphatic rings. The number of nitrogens with zero attached hydrogens (tertiary/aromatic N) is 3. The van der Waals surface area contributed by atoms with Crippen LogP contribution in [0.4, 0.5) is 0 Å². The van der Waals surface area contributed by atoms with Crippen LogP contribution in [-0.4, -0.2) is 32.9 Å². The van der Waals surface area contributed by atoms with Crippen molar-refractivity contribution in [2.24, 2.45) is 0 Å². The van der Waals surface area contributed by atoms with Gasteiger partial charge in [0.15, 0.2) is 0 Å². The van der Waals surface area contributed by atoms with E-state index in [2.05, 4.69) is 20.4 Å². The van der Waals surface area contributed by atoms with Crippen molar-refractivity contribution in [3.05, 3.63) is 29.2 Å². The predicted molar refractivity (Wildman–Crippen MR) is 63.9 cm³/mol. The Balaban J connectivity index is 1.88. The minimum atomic E-state index is -0.371. The van der Waals surface area contributed by atoms with Gasteiger partial charge in [-0.05, 0) is 18.6 Å². The van der Waals surface area contributed by atoms with Gasteiger partial charge in [0, 0.05) is 12.7 Å². The van der Waals surface area contributed by atoms with Gasteiger partial charge >= 0.3 is 0 Å². The molecule has 2 atom stereocenters. The summed E-state index contributed by atoms with van der Waals surface area (Å²) >= 11 is 6.01. The first-order valence-corrected chi connectivity index (χ1v) is 5.98. The second-order valence-corrected chi connectivity index (χ2v) is 4.55. The van der Waals surface area contributed by atoms with Crippen LogP contribution in [0.15, 0.2) is 22.9 Å². The van der Waals surface area contributed by atoms with Gasteiger partial charge in [0.1, 0.15) is 5.69 Å². The molecule has 0 saturated carbocycles. The number of halogens is 1. The first-order chi connectivity index (χ1) is 8.74. The number of aliphatic hydroxyl groups is 1. The Bertz CT molecular complexity index is 559. The normalized spacial score (nSPS) is 23.4. The molecule has 18 heavy (non-hydrogen) atoms. The first kappa shape index (κ1) is 11.6. The Morgan fingerprint density at radius 2 is 2.39 bits per heavy atom. The largest absolute Gasteiger partial charge is 0.392 e. The zero-order valence-electron chi connectivity index (χ0n) is 9.38. The maximum absolute atomic E-state index is 9.44. The first-order valence-electron chi connectivity index (χ1n) is 5.60. The summed E-state index contributed by atoms with van der Waals surface area (Å²) in [5, 5.41) is 16.9. The highest BCUT2D eigenvalue weighted by Crippen LogP contribution is 2.26. The Morgan fingerprint density at radius 1 is 1.50 bits per heavy atom. The molecular formula is C11H11ClN4O2. The SMILES string of the molecule is OC1CNC(c2nc(-c3ncccc3Cl)no2)C1. The lowest BCUT2D eigenvalue weighted by Gasteiger charge is -2.01. The molecule has 0 bridgehead atoms. The van der Waals surface area contributed by atoms with Crippen LogP contribution in [0, 0.1) is 0 Å².